The number of hydrogen-bond donors (Lipinski definition) is 0. The summed E-state index contributed by atoms with van der Waals surface area (Å²) in [6.07, 6.45) is 13.6. The van der Waals surface area contributed by atoms with Crippen LogP contribution in [0.15, 0.2) is 39.5 Å². The summed E-state index contributed by atoms with van der Waals surface area (Å²) >= 11 is 0. The summed E-state index contributed by atoms with van der Waals surface area (Å²) in [5.41, 5.74) is 0.198. The predicted octanol–water partition coefficient (Wildman–Crippen LogP) is 6.42. The molecule has 0 saturated carbocycles. The Morgan fingerprint density at radius 2 is 1.40 bits per heavy atom. The summed E-state index contributed by atoms with van der Waals surface area (Å²) < 4.78 is 16.1. The zero-order valence-corrected chi connectivity index (χ0v) is 18.3. The minimum atomic E-state index is -0.372. The van der Waals surface area contributed by atoms with E-state index in [0.29, 0.717) is 31.0 Å². The Morgan fingerprint density at radius 3 is 2.03 bits per heavy atom. The number of benzene rings is 1. The fraction of sp³-hybridized carbons (Fsp3) is 0.600. The van der Waals surface area contributed by atoms with Gasteiger partial charge in [0.1, 0.15) is 11.3 Å². The van der Waals surface area contributed by atoms with Gasteiger partial charge in [0.05, 0.1) is 24.7 Å². The van der Waals surface area contributed by atoms with Gasteiger partial charge in [0.2, 0.25) is 0 Å². The van der Waals surface area contributed by atoms with Crippen LogP contribution in [0.25, 0.3) is 11.0 Å². The Balaban J connectivity index is 1.42. The smallest absolute Gasteiger partial charge is 0.339 e. The Labute approximate surface area is 179 Å². The maximum atomic E-state index is 11.6. The molecular formula is C25H36O5. The van der Waals surface area contributed by atoms with E-state index >= 15 is 0 Å². The number of unbranched alkanes of at least 4 members (excludes halogenated alkanes) is 10. The third kappa shape index (κ3) is 9.47. The molecule has 0 bridgehead atoms. The average Bonchev–Trinajstić information content (AvgIpc) is 2.75. The molecule has 0 atom stereocenters. The van der Waals surface area contributed by atoms with Gasteiger partial charge in [-0.3, -0.25) is 4.79 Å². The SMILES string of the molecule is CCC(=O)OCCCCCCCCCCCCCOc1cc(=O)oc2ccccc12. The van der Waals surface area contributed by atoms with Crippen LogP contribution in [0.5, 0.6) is 5.75 Å². The lowest BCUT2D eigenvalue weighted by atomic mass is 10.1. The first kappa shape index (κ1) is 24.0. The monoisotopic (exact) mass is 416 g/mol. The van der Waals surface area contributed by atoms with Crippen molar-refractivity contribution < 1.29 is 18.7 Å². The van der Waals surface area contributed by atoms with Gasteiger partial charge in [-0.25, -0.2) is 4.79 Å². The minimum Gasteiger partial charge on any atom is -0.493 e. The molecule has 1 heterocycles. The lowest BCUT2D eigenvalue weighted by Gasteiger charge is -2.08. The van der Waals surface area contributed by atoms with E-state index in [2.05, 4.69) is 0 Å². The van der Waals surface area contributed by atoms with Crippen LogP contribution in [0.4, 0.5) is 0 Å². The largest absolute Gasteiger partial charge is 0.493 e. The molecule has 0 amide bonds. The van der Waals surface area contributed by atoms with Crippen molar-refractivity contribution in [2.75, 3.05) is 13.2 Å². The number of esters is 1. The van der Waals surface area contributed by atoms with E-state index in [1.807, 2.05) is 25.1 Å². The summed E-state index contributed by atoms with van der Waals surface area (Å²) in [5, 5.41) is 0.846. The van der Waals surface area contributed by atoms with Crippen LogP contribution < -0.4 is 10.4 Å². The number of rotatable bonds is 16. The Hall–Kier alpha value is -2.30. The zero-order valence-electron chi connectivity index (χ0n) is 18.3. The standard InChI is InChI=1S/C25H36O5/c1-2-24(26)29-19-15-11-9-7-5-3-4-6-8-10-14-18-28-23-20-25(27)30-22-17-13-12-16-21(22)23/h12-13,16-17,20H,2-11,14-15,18-19H2,1H3. The third-order valence-corrected chi connectivity index (χ3v) is 5.21. The first-order valence-corrected chi connectivity index (χ1v) is 11.5. The second kappa shape index (κ2) is 14.6. The van der Waals surface area contributed by atoms with Crippen LogP contribution in [0, 0.1) is 0 Å². The van der Waals surface area contributed by atoms with Crippen LogP contribution in [0.3, 0.4) is 0 Å². The topological polar surface area (TPSA) is 65.7 Å². The number of fused-ring (bicyclic) bond motifs is 1. The quantitative estimate of drug-likeness (QED) is 0.179. The van der Waals surface area contributed by atoms with Gasteiger partial charge in [-0.05, 0) is 25.0 Å². The highest BCUT2D eigenvalue weighted by molar-refractivity contribution is 5.82. The van der Waals surface area contributed by atoms with Gasteiger partial charge in [0, 0.05) is 6.42 Å². The average molecular weight is 417 g/mol. The molecule has 0 saturated heterocycles. The Morgan fingerprint density at radius 1 is 0.833 bits per heavy atom. The molecule has 0 aliphatic carbocycles. The third-order valence-electron chi connectivity index (χ3n) is 5.21. The lowest BCUT2D eigenvalue weighted by Crippen LogP contribution is -2.03. The van der Waals surface area contributed by atoms with Crippen molar-refractivity contribution in [2.45, 2.75) is 84.0 Å². The summed E-state index contributed by atoms with van der Waals surface area (Å²) in [7, 11) is 0. The van der Waals surface area contributed by atoms with Crippen LogP contribution >= 0.6 is 0 Å². The molecule has 0 aliphatic heterocycles. The van der Waals surface area contributed by atoms with E-state index in [1.165, 1.54) is 51.0 Å². The number of para-hydroxylation sites is 1. The van der Waals surface area contributed by atoms with Crippen molar-refractivity contribution in [1.82, 2.24) is 0 Å². The molecule has 0 unspecified atom stereocenters. The Bertz CT molecular complexity index is 795. The maximum absolute atomic E-state index is 11.6. The molecule has 0 fully saturated rings. The molecule has 0 N–H and O–H groups in total. The first-order chi connectivity index (χ1) is 14.7. The van der Waals surface area contributed by atoms with E-state index in [9.17, 15) is 9.59 Å². The number of ether oxygens (including phenoxy) is 2. The Kier molecular flexibility index (Phi) is 11.7. The van der Waals surface area contributed by atoms with Gasteiger partial charge in [0.15, 0.2) is 0 Å². The normalized spacial score (nSPS) is 11.0. The highest BCUT2D eigenvalue weighted by Crippen LogP contribution is 2.23. The van der Waals surface area contributed by atoms with E-state index in [0.717, 1.165) is 31.1 Å². The van der Waals surface area contributed by atoms with Crippen LogP contribution in [-0.2, 0) is 9.53 Å². The van der Waals surface area contributed by atoms with Gasteiger partial charge in [-0.15, -0.1) is 0 Å². The zero-order chi connectivity index (χ0) is 21.4. The van der Waals surface area contributed by atoms with Crippen molar-refractivity contribution in [2.24, 2.45) is 0 Å². The molecule has 1 aromatic heterocycles. The molecule has 5 nitrogen and oxygen atoms in total. The molecule has 0 radical (unpaired) electrons. The summed E-state index contributed by atoms with van der Waals surface area (Å²) in [5.74, 6) is 0.521. The number of carbonyl (C=O) groups is 1. The van der Waals surface area contributed by atoms with Gasteiger partial charge in [0.25, 0.3) is 0 Å². The van der Waals surface area contributed by atoms with E-state index in [1.54, 1.807) is 6.07 Å². The summed E-state index contributed by atoms with van der Waals surface area (Å²) in [6.45, 7) is 3.02. The predicted molar refractivity (Wildman–Crippen MR) is 120 cm³/mol. The van der Waals surface area contributed by atoms with Crippen molar-refractivity contribution >= 4 is 16.9 Å². The summed E-state index contributed by atoms with van der Waals surface area (Å²) in [4.78, 5) is 22.6. The van der Waals surface area contributed by atoms with E-state index in [4.69, 9.17) is 13.9 Å². The maximum Gasteiger partial charge on any atom is 0.339 e. The van der Waals surface area contributed by atoms with Gasteiger partial charge in [-0.2, -0.15) is 0 Å². The molecule has 0 spiro atoms. The van der Waals surface area contributed by atoms with Crippen LogP contribution in [0.2, 0.25) is 0 Å². The van der Waals surface area contributed by atoms with Crippen LogP contribution in [-0.4, -0.2) is 19.2 Å². The van der Waals surface area contributed by atoms with Crippen molar-refractivity contribution in [3.63, 3.8) is 0 Å². The van der Waals surface area contributed by atoms with Crippen molar-refractivity contribution in [3.8, 4) is 5.75 Å². The molecule has 30 heavy (non-hydrogen) atoms. The van der Waals surface area contributed by atoms with E-state index in [-0.39, 0.29) is 11.6 Å². The second-order valence-corrected chi connectivity index (χ2v) is 7.74. The molecule has 5 heteroatoms. The van der Waals surface area contributed by atoms with Crippen LogP contribution in [0.1, 0.15) is 84.0 Å². The molecule has 2 rings (SSSR count). The van der Waals surface area contributed by atoms with Crippen molar-refractivity contribution in [3.05, 3.63) is 40.8 Å². The molecule has 1 aromatic carbocycles. The van der Waals surface area contributed by atoms with Gasteiger partial charge in [-0.1, -0.05) is 76.8 Å². The number of carbonyl (C=O) groups excluding carboxylic acids is 1. The van der Waals surface area contributed by atoms with E-state index < -0.39 is 0 Å². The number of hydrogen-bond acceptors (Lipinski definition) is 5. The fourth-order valence-corrected chi connectivity index (χ4v) is 3.47. The van der Waals surface area contributed by atoms with Gasteiger partial charge >= 0.3 is 11.6 Å². The highest BCUT2D eigenvalue weighted by Gasteiger charge is 2.05. The first-order valence-electron chi connectivity index (χ1n) is 11.5. The summed E-state index contributed by atoms with van der Waals surface area (Å²) in [6, 6.07) is 8.89. The molecule has 166 valence electrons. The second-order valence-electron chi connectivity index (χ2n) is 7.74. The molecule has 0 aliphatic rings. The lowest BCUT2D eigenvalue weighted by molar-refractivity contribution is -0.143. The van der Waals surface area contributed by atoms with Crippen molar-refractivity contribution in [1.29, 1.82) is 0 Å². The highest BCUT2D eigenvalue weighted by atomic mass is 16.5. The van der Waals surface area contributed by atoms with Gasteiger partial charge < -0.3 is 13.9 Å². The molecule has 2 aromatic rings. The minimum absolute atomic E-state index is 0.0947. The fourth-order valence-electron chi connectivity index (χ4n) is 3.47. The molecular weight excluding hydrogens is 380 g/mol.